The number of aliphatic carboxylic acids is 1. The number of aryl methyl sites for hydroxylation is 1. The average molecular weight is 399 g/mol. The highest BCUT2D eigenvalue weighted by Gasteiger charge is 2.27. The Balaban J connectivity index is 2.06. The van der Waals surface area contributed by atoms with Gasteiger partial charge in [-0.05, 0) is 56.4 Å². The molecule has 0 heterocycles. The van der Waals surface area contributed by atoms with Crippen LogP contribution in [0.1, 0.15) is 31.4 Å². The number of nitrogens with one attached hydrogen (secondary N) is 1. The minimum Gasteiger partial charge on any atom is -0.494 e. The van der Waals surface area contributed by atoms with E-state index in [9.17, 15) is 14.7 Å². The number of benzene rings is 2. The number of carbonyl (C=O) groups excluding carboxylic acids is 1. The van der Waals surface area contributed by atoms with Crippen molar-refractivity contribution in [3.63, 3.8) is 0 Å². The molecule has 0 radical (unpaired) electrons. The molecule has 2 aromatic rings. The fraction of sp³-hybridized carbons (Fsp3) is 0.391. The molecule has 0 aromatic heterocycles. The number of carboxylic acid groups (broad SMARTS) is 1. The molecule has 0 bridgehead atoms. The second kappa shape index (κ2) is 11.9. The first-order valence-electron chi connectivity index (χ1n) is 9.94. The molecule has 0 aliphatic carbocycles. The molecule has 29 heavy (non-hydrogen) atoms. The second-order valence-corrected chi connectivity index (χ2v) is 6.67. The van der Waals surface area contributed by atoms with Crippen LogP contribution in [-0.2, 0) is 27.2 Å². The third-order valence-corrected chi connectivity index (χ3v) is 4.51. The molecule has 156 valence electrons. The van der Waals surface area contributed by atoms with Crippen LogP contribution in [0.25, 0.3) is 0 Å². The van der Waals surface area contributed by atoms with Crippen LogP contribution in [0.15, 0.2) is 54.6 Å². The Labute approximate surface area is 171 Å². The molecule has 6 heteroatoms. The molecule has 0 saturated carbocycles. The highest BCUT2D eigenvalue weighted by molar-refractivity contribution is 5.79. The molecule has 0 amide bonds. The lowest BCUT2D eigenvalue weighted by atomic mass is 10.0. The number of carboxylic acids is 1. The fourth-order valence-corrected chi connectivity index (χ4v) is 3.05. The van der Waals surface area contributed by atoms with E-state index < -0.39 is 24.0 Å². The topological polar surface area (TPSA) is 84.9 Å². The summed E-state index contributed by atoms with van der Waals surface area (Å²) in [6.07, 6.45) is 1.35. The van der Waals surface area contributed by atoms with Crippen molar-refractivity contribution in [2.75, 3.05) is 13.2 Å². The van der Waals surface area contributed by atoms with Gasteiger partial charge in [-0.25, -0.2) is 0 Å². The maximum absolute atomic E-state index is 12.4. The number of hydrogen-bond donors (Lipinski definition) is 2. The zero-order valence-corrected chi connectivity index (χ0v) is 17.0. The third-order valence-electron chi connectivity index (χ3n) is 4.51. The van der Waals surface area contributed by atoms with E-state index in [-0.39, 0.29) is 13.0 Å². The maximum Gasteiger partial charge on any atom is 0.323 e. The Hall–Kier alpha value is -2.86. The standard InChI is InChI=1S/C23H29NO5/c1-3-28-19-13-10-18(11-14-19)16-21(22(25)26)24-20(23(27)29-4-2)15-12-17-8-6-5-7-9-17/h5-11,13-14,20-21,24H,3-4,12,15-16H2,1-2H3,(H,25,26)/t20-,21+/m1/s1. The Morgan fingerprint density at radius 3 is 2.21 bits per heavy atom. The van der Waals surface area contributed by atoms with Gasteiger partial charge in [0.25, 0.3) is 0 Å². The molecule has 0 aliphatic rings. The van der Waals surface area contributed by atoms with Gasteiger partial charge in [-0.1, -0.05) is 42.5 Å². The van der Waals surface area contributed by atoms with E-state index in [0.29, 0.717) is 19.4 Å². The van der Waals surface area contributed by atoms with Gasteiger partial charge in [0.1, 0.15) is 17.8 Å². The first kappa shape index (κ1) is 22.4. The van der Waals surface area contributed by atoms with Crippen LogP contribution < -0.4 is 10.1 Å². The summed E-state index contributed by atoms with van der Waals surface area (Å²) in [6.45, 7) is 4.46. The van der Waals surface area contributed by atoms with E-state index in [4.69, 9.17) is 9.47 Å². The molecule has 0 unspecified atom stereocenters. The van der Waals surface area contributed by atoms with Gasteiger partial charge < -0.3 is 14.6 Å². The third kappa shape index (κ3) is 7.58. The number of rotatable bonds is 12. The second-order valence-electron chi connectivity index (χ2n) is 6.67. The summed E-state index contributed by atoms with van der Waals surface area (Å²) >= 11 is 0. The lowest BCUT2D eigenvalue weighted by molar-refractivity contribution is -0.147. The number of ether oxygens (including phenoxy) is 2. The molecule has 0 saturated heterocycles. The lowest BCUT2D eigenvalue weighted by Crippen LogP contribution is -2.49. The van der Waals surface area contributed by atoms with Gasteiger partial charge in [-0.15, -0.1) is 0 Å². The quantitative estimate of drug-likeness (QED) is 0.533. The van der Waals surface area contributed by atoms with Crippen LogP contribution in [0.3, 0.4) is 0 Å². The monoisotopic (exact) mass is 399 g/mol. The predicted molar refractivity (Wildman–Crippen MR) is 111 cm³/mol. The molecule has 2 N–H and O–H groups in total. The SMILES string of the molecule is CCOC(=O)[C@@H](CCc1ccccc1)N[C@@H](Cc1ccc(OCC)cc1)C(=O)O. The van der Waals surface area contributed by atoms with Gasteiger partial charge in [-0.3, -0.25) is 14.9 Å². The molecular weight excluding hydrogens is 370 g/mol. The van der Waals surface area contributed by atoms with Crippen LogP contribution in [0.4, 0.5) is 0 Å². The first-order chi connectivity index (χ1) is 14.0. The Morgan fingerprint density at radius 2 is 1.62 bits per heavy atom. The van der Waals surface area contributed by atoms with E-state index in [1.54, 1.807) is 6.92 Å². The minimum absolute atomic E-state index is 0.249. The van der Waals surface area contributed by atoms with E-state index >= 15 is 0 Å². The molecule has 2 atom stereocenters. The first-order valence-corrected chi connectivity index (χ1v) is 9.94. The van der Waals surface area contributed by atoms with Gasteiger partial charge >= 0.3 is 11.9 Å². The summed E-state index contributed by atoms with van der Waals surface area (Å²) in [4.78, 5) is 24.2. The molecule has 0 fully saturated rings. The Kier molecular flexibility index (Phi) is 9.18. The average Bonchev–Trinajstić information content (AvgIpc) is 2.72. The number of hydrogen-bond acceptors (Lipinski definition) is 5. The smallest absolute Gasteiger partial charge is 0.323 e. The fourth-order valence-electron chi connectivity index (χ4n) is 3.05. The Bertz CT molecular complexity index is 761. The highest BCUT2D eigenvalue weighted by Crippen LogP contribution is 2.14. The van der Waals surface area contributed by atoms with Gasteiger partial charge in [0, 0.05) is 0 Å². The maximum atomic E-state index is 12.4. The normalized spacial score (nSPS) is 12.8. The summed E-state index contributed by atoms with van der Waals surface area (Å²) < 4.78 is 10.6. The van der Waals surface area contributed by atoms with Crippen molar-refractivity contribution in [3.8, 4) is 5.75 Å². The summed E-state index contributed by atoms with van der Waals surface area (Å²) in [6, 6.07) is 15.5. The van der Waals surface area contributed by atoms with Gasteiger partial charge in [-0.2, -0.15) is 0 Å². The molecule has 0 spiro atoms. The van der Waals surface area contributed by atoms with Crippen molar-refractivity contribution < 1.29 is 24.2 Å². The molecule has 0 aliphatic heterocycles. The molecule has 2 rings (SSSR count). The van der Waals surface area contributed by atoms with Crippen molar-refractivity contribution in [1.82, 2.24) is 5.32 Å². The van der Waals surface area contributed by atoms with E-state index in [1.165, 1.54) is 0 Å². The summed E-state index contributed by atoms with van der Waals surface area (Å²) in [7, 11) is 0. The van der Waals surface area contributed by atoms with Gasteiger partial charge in [0.15, 0.2) is 0 Å². The minimum atomic E-state index is -1.01. The largest absolute Gasteiger partial charge is 0.494 e. The lowest BCUT2D eigenvalue weighted by Gasteiger charge is -2.22. The summed E-state index contributed by atoms with van der Waals surface area (Å²) in [5.74, 6) is -0.697. The molecular formula is C23H29NO5. The zero-order valence-electron chi connectivity index (χ0n) is 17.0. The van der Waals surface area contributed by atoms with Crippen LogP contribution in [0, 0.1) is 0 Å². The zero-order chi connectivity index (χ0) is 21.1. The van der Waals surface area contributed by atoms with E-state index in [2.05, 4.69) is 5.32 Å². The summed E-state index contributed by atoms with van der Waals surface area (Å²) in [5, 5.41) is 12.7. The van der Waals surface area contributed by atoms with E-state index in [1.807, 2.05) is 61.5 Å². The van der Waals surface area contributed by atoms with Crippen molar-refractivity contribution in [1.29, 1.82) is 0 Å². The van der Waals surface area contributed by atoms with Crippen molar-refractivity contribution in [2.45, 2.75) is 45.2 Å². The number of esters is 1. The van der Waals surface area contributed by atoms with Crippen LogP contribution in [-0.4, -0.2) is 42.3 Å². The van der Waals surface area contributed by atoms with Crippen molar-refractivity contribution in [2.24, 2.45) is 0 Å². The van der Waals surface area contributed by atoms with Gasteiger partial charge in [0.05, 0.1) is 13.2 Å². The highest BCUT2D eigenvalue weighted by atomic mass is 16.5. The Morgan fingerprint density at radius 1 is 0.931 bits per heavy atom. The van der Waals surface area contributed by atoms with Crippen LogP contribution >= 0.6 is 0 Å². The van der Waals surface area contributed by atoms with E-state index in [0.717, 1.165) is 16.9 Å². The van der Waals surface area contributed by atoms with Crippen molar-refractivity contribution >= 4 is 11.9 Å². The van der Waals surface area contributed by atoms with Crippen LogP contribution in [0.5, 0.6) is 5.75 Å². The molecule has 2 aromatic carbocycles. The van der Waals surface area contributed by atoms with Crippen molar-refractivity contribution in [3.05, 3.63) is 65.7 Å². The molecule has 6 nitrogen and oxygen atoms in total. The summed E-state index contributed by atoms with van der Waals surface area (Å²) in [5.41, 5.74) is 1.93. The number of carbonyl (C=O) groups is 2. The van der Waals surface area contributed by atoms with Gasteiger partial charge in [0.2, 0.25) is 0 Å². The van der Waals surface area contributed by atoms with Crippen LogP contribution in [0.2, 0.25) is 0 Å². The predicted octanol–water partition coefficient (Wildman–Crippen LogP) is 3.24.